The molecule has 4 saturated heterocycles. The maximum atomic E-state index is 12.4. The third-order valence-corrected chi connectivity index (χ3v) is 16.9. The Labute approximate surface area is 550 Å². The second kappa shape index (κ2) is 35.2. The lowest BCUT2D eigenvalue weighted by Crippen LogP contribution is -2.47. The maximum absolute atomic E-state index is 12.4. The van der Waals surface area contributed by atoms with Crippen LogP contribution in [0.2, 0.25) is 0 Å². The lowest BCUT2D eigenvalue weighted by Gasteiger charge is -2.31. The molecule has 4 aliphatic heterocycles. The van der Waals surface area contributed by atoms with E-state index in [9.17, 15) is 5.11 Å². The molecule has 8 aromatic rings. The lowest BCUT2D eigenvalue weighted by molar-refractivity contribution is -0.264. The van der Waals surface area contributed by atoms with Gasteiger partial charge >= 0.3 is 0 Å². The summed E-state index contributed by atoms with van der Waals surface area (Å²) in [6.07, 6.45) is -14.8. The normalized spacial score (nSPS) is 27.5. The maximum Gasteiger partial charge on any atom is 0.187 e. The van der Waals surface area contributed by atoms with E-state index >= 15 is 0 Å². The van der Waals surface area contributed by atoms with Crippen LogP contribution in [0, 0.1) is 0 Å². The monoisotopic (exact) mass is 1280 g/mol. The predicted octanol–water partition coefficient (Wildman–Crippen LogP) is 11.3. The van der Waals surface area contributed by atoms with Gasteiger partial charge in [0.2, 0.25) is 0 Å². The molecule has 17 nitrogen and oxygen atoms in total. The van der Waals surface area contributed by atoms with Crippen LogP contribution >= 0.6 is 0 Å². The van der Waals surface area contributed by atoms with E-state index in [1.165, 1.54) is 0 Å². The quantitative estimate of drug-likeness (QED) is 0.0398. The van der Waals surface area contributed by atoms with Gasteiger partial charge in [-0.2, -0.15) is 0 Å². The molecule has 8 aromatic carbocycles. The fraction of sp³-hybridized carbons (Fsp3) is 0.377. The van der Waals surface area contributed by atoms with Crippen molar-refractivity contribution in [3.05, 3.63) is 287 Å². The van der Waals surface area contributed by atoms with Gasteiger partial charge in [-0.1, -0.05) is 243 Å². The van der Waals surface area contributed by atoms with Gasteiger partial charge in [0.15, 0.2) is 25.2 Å². The highest BCUT2D eigenvalue weighted by atomic mass is 16.8. The highest BCUT2D eigenvalue weighted by molar-refractivity contribution is 5.20. The Bertz CT molecular complexity index is 3370. The van der Waals surface area contributed by atoms with Gasteiger partial charge < -0.3 is 80.9 Å². The summed E-state index contributed by atoms with van der Waals surface area (Å²) in [6, 6.07) is 79.2. The molecule has 0 bridgehead atoms. The Hall–Kier alpha value is -6.92. The number of methoxy groups -OCH3 is 1. The van der Waals surface area contributed by atoms with E-state index in [2.05, 4.69) is 0 Å². The first kappa shape index (κ1) is 67.1. The van der Waals surface area contributed by atoms with Crippen molar-refractivity contribution in [3.8, 4) is 0 Å². The molecule has 94 heavy (non-hydrogen) atoms. The second-order valence-corrected chi connectivity index (χ2v) is 23.7. The van der Waals surface area contributed by atoms with Crippen molar-refractivity contribution in [2.45, 2.75) is 151 Å². The number of ether oxygens (including phenoxy) is 16. The van der Waals surface area contributed by atoms with Gasteiger partial charge in [-0.15, -0.1) is 0 Å². The average Bonchev–Trinajstić information content (AvgIpc) is 1.71. The van der Waals surface area contributed by atoms with Crippen molar-refractivity contribution in [3.63, 3.8) is 0 Å². The summed E-state index contributed by atoms with van der Waals surface area (Å²) in [5, 5.41) is 12.4. The zero-order valence-electron chi connectivity index (χ0n) is 52.8. The first-order valence-electron chi connectivity index (χ1n) is 32.4. The zero-order valence-corrected chi connectivity index (χ0v) is 52.8. The molecule has 0 unspecified atom stereocenters. The third-order valence-electron chi connectivity index (χ3n) is 16.9. The molecule has 494 valence electrons. The van der Waals surface area contributed by atoms with Gasteiger partial charge in [-0.05, 0) is 44.5 Å². The molecule has 0 amide bonds. The fourth-order valence-corrected chi connectivity index (χ4v) is 12.1. The summed E-state index contributed by atoms with van der Waals surface area (Å²) in [4.78, 5) is 0. The first-order chi connectivity index (χ1) is 46.5. The van der Waals surface area contributed by atoms with E-state index < -0.39 is 98.4 Å². The van der Waals surface area contributed by atoms with E-state index in [1.54, 1.807) is 7.11 Å². The Balaban J connectivity index is 0.853. The molecule has 16 atom stereocenters. The van der Waals surface area contributed by atoms with Crippen molar-refractivity contribution in [1.82, 2.24) is 0 Å². The number of hydrogen-bond acceptors (Lipinski definition) is 17. The van der Waals surface area contributed by atoms with Gasteiger partial charge in [-0.25, -0.2) is 0 Å². The standard InChI is InChI=1S/C77H84O17/c1-79-75-72(87-49-61-40-24-9-25-41-61)70(93-74-66(78)67(83-45-57-32-16-5-17-33-57)62(89-74)50-80-42-54-26-10-2-11-27-54)65(90-75)53-88-76-73(69(85-47-59-36-20-7-21-37-59)64(91-76)52-82-44-56-30-14-4-15-31-56)94-77-71(86-48-60-38-22-8-23-39-60)68(84-46-58-34-18-6-19-35-58)63(92-77)51-81-43-55-28-12-3-13-29-55/h2-41,62-78H,42-53H2,1H3/t62-,63-,64-,65-,66+,67-,68-,69-,70-,71+,72+,73+,74-,75+,76+,77+/m1/s1. The van der Waals surface area contributed by atoms with Crippen LogP contribution in [0.3, 0.4) is 0 Å². The Morgan fingerprint density at radius 1 is 0.255 bits per heavy atom. The van der Waals surface area contributed by atoms with Crippen LogP contribution in [0.4, 0.5) is 0 Å². The van der Waals surface area contributed by atoms with Gasteiger partial charge in [-0.3, -0.25) is 0 Å². The minimum atomic E-state index is -1.28. The molecule has 0 aromatic heterocycles. The molecule has 0 aliphatic carbocycles. The minimum Gasteiger partial charge on any atom is -0.385 e. The van der Waals surface area contributed by atoms with Crippen molar-refractivity contribution in [1.29, 1.82) is 0 Å². The van der Waals surface area contributed by atoms with Gasteiger partial charge in [0.25, 0.3) is 0 Å². The van der Waals surface area contributed by atoms with Gasteiger partial charge in [0.1, 0.15) is 73.2 Å². The summed E-state index contributed by atoms with van der Waals surface area (Å²) in [5.74, 6) is 0. The molecular formula is C77H84O17. The molecule has 0 saturated carbocycles. The van der Waals surface area contributed by atoms with E-state index in [0.717, 1.165) is 44.5 Å². The van der Waals surface area contributed by atoms with Gasteiger partial charge in [0.05, 0.1) is 79.3 Å². The van der Waals surface area contributed by atoms with Crippen LogP contribution in [0.1, 0.15) is 44.5 Å². The van der Waals surface area contributed by atoms with Crippen LogP contribution in [0.25, 0.3) is 0 Å². The highest BCUT2D eigenvalue weighted by Gasteiger charge is 2.56. The van der Waals surface area contributed by atoms with Crippen LogP contribution in [-0.4, -0.2) is 137 Å². The Morgan fingerprint density at radius 2 is 0.521 bits per heavy atom. The topological polar surface area (TPSA) is 168 Å². The van der Waals surface area contributed by atoms with Crippen molar-refractivity contribution < 1.29 is 80.9 Å². The van der Waals surface area contributed by atoms with Crippen molar-refractivity contribution in [2.75, 3.05) is 33.5 Å². The zero-order chi connectivity index (χ0) is 63.9. The summed E-state index contributed by atoms with van der Waals surface area (Å²) in [5.41, 5.74) is 7.68. The van der Waals surface area contributed by atoms with Crippen LogP contribution < -0.4 is 0 Å². The minimum absolute atomic E-state index is 0.0970. The molecule has 1 N–H and O–H groups in total. The van der Waals surface area contributed by atoms with E-state index in [-0.39, 0.29) is 59.5 Å². The molecule has 17 heteroatoms. The number of benzene rings is 8. The molecule has 4 fully saturated rings. The molecule has 4 heterocycles. The van der Waals surface area contributed by atoms with Gasteiger partial charge in [0, 0.05) is 7.11 Å². The summed E-state index contributed by atoms with van der Waals surface area (Å²) < 4.78 is 108. The van der Waals surface area contributed by atoms with E-state index in [4.69, 9.17) is 75.8 Å². The first-order valence-corrected chi connectivity index (χ1v) is 32.4. The molecular weight excluding hydrogens is 1200 g/mol. The molecule has 12 rings (SSSR count). The Morgan fingerprint density at radius 3 is 0.894 bits per heavy atom. The van der Waals surface area contributed by atoms with E-state index in [1.807, 2.05) is 243 Å². The predicted molar refractivity (Wildman–Crippen MR) is 347 cm³/mol. The third kappa shape index (κ3) is 18.8. The average molecular weight is 1280 g/mol. The summed E-state index contributed by atoms with van der Waals surface area (Å²) in [6.45, 7) is 2.23. The summed E-state index contributed by atoms with van der Waals surface area (Å²) in [7, 11) is 1.55. The largest absolute Gasteiger partial charge is 0.385 e. The number of aliphatic hydroxyl groups is 1. The molecule has 0 spiro atoms. The smallest absolute Gasteiger partial charge is 0.187 e. The number of aliphatic hydroxyl groups excluding tert-OH is 1. The van der Waals surface area contributed by atoms with Crippen molar-refractivity contribution in [2.24, 2.45) is 0 Å². The second-order valence-electron chi connectivity index (χ2n) is 23.7. The highest BCUT2D eigenvalue weighted by Crippen LogP contribution is 2.39. The van der Waals surface area contributed by atoms with Crippen LogP contribution in [0.15, 0.2) is 243 Å². The number of rotatable bonds is 35. The van der Waals surface area contributed by atoms with E-state index in [0.29, 0.717) is 19.8 Å². The number of hydrogen-bond donors (Lipinski definition) is 1. The molecule has 0 radical (unpaired) electrons. The van der Waals surface area contributed by atoms with Crippen LogP contribution in [-0.2, 0) is 129 Å². The lowest BCUT2D eigenvalue weighted by atomic mass is 10.1. The fourth-order valence-electron chi connectivity index (χ4n) is 12.1. The SMILES string of the molecule is CO[C@H]1O[C@H](CO[C@H]2O[C@H](COCc3ccccc3)[C@@H](OCc3ccccc3)[C@@H]2O[C@@H]2O[C@H](COCc3ccccc3)[C@@H](OCc3ccccc3)[C@@H]2OCc2ccccc2)[C@@H](O[C@H]2O[C@H](COCc3ccccc3)[C@@H](OCc3ccccc3)[C@@H]2O)[C@@H]1OCc1ccccc1. The van der Waals surface area contributed by atoms with Crippen molar-refractivity contribution >= 4 is 0 Å². The Kier molecular flexibility index (Phi) is 25.1. The van der Waals surface area contributed by atoms with Crippen LogP contribution in [0.5, 0.6) is 0 Å². The summed E-state index contributed by atoms with van der Waals surface area (Å²) >= 11 is 0. The molecule has 4 aliphatic rings.